The van der Waals surface area contributed by atoms with Crippen LogP contribution in [0.4, 0.5) is 9.80 Å². The van der Waals surface area contributed by atoms with Crippen LogP contribution in [0, 0.1) is 13.8 Å². The number of rotatable bonds is 5. The van der Waals surface area contributed by atoms with Crippen LogP contribution in [-0.4, -0.2) is 20.9 Å². The summed E-state index contributed by atoms with van der Waals surface area (Å²) in [6.07, 6.45) is 1.48. The van der Waals surface area contributed by atoms with Crippen LogP contribution in [-0.2, 0) is 17.9 Å². The van der Waals surface area contributed by atoms with E-state index in [1.54, 1.807) is 0 Å². The number of anilines is 1. The predicted molar refractivity (Wildman–Crippen MR) is 121 cm³/mol. The molecule has 0 spiro atoms. The Hall–Kier alpha value is -2.90. The van der Waals surface area contributed by atoms with Crippen molar-refractivity contribution in [2.45, 2.75) is 33.9 Å². The van der Waals surface area contributed by atoms with Crippen molar-refractivity contribution in [3.05, 3.63) is 64.4 Å². The average molecular weight is 441 g/mol. The van der Waals surface area contributed by atoms with Crippen molar-refractivity contribution >= 4 is 44.9 Å². The molecule has 2 heterocycles. The van der Waals surface area contributed by atoms with Gasteiger partial charge in [0.25, 0.3) is 0 Å². The Morgan fingerprint density at radius 3 is 2.83 bits per heavy atom. The summed E-state index contributed by atoms with van der Waals surface area (Å²) in [5.74, 6) is 0. The van der Waals surface area contributed by atoms with E-state index in [9.17, 15) is 4.79 Å². The number of hydrogen-bond donors (Lipinski definition) is 1. The molecule has 0 atom stereocenters. The van der Waals surface area contributed by atoms with Crippen molar-refractivity contribution in [2.75, 3.05) is 5.32 Å². The molecule has 1 amide bonds. The van der Waals surface area contributed by atoms with Crippen LogP contribution in [0.5, 0.6) is 0 Å². The lowest BCUT2D eigenvalue weighted by Crippen LogP contribution is -2.13. The number of nitrogens with zero attached hydrogens (tertiary/aromatic N) is 3. The van der Waals surface area contributed by atoms with Crippen molar-refractivity contribution in [3.63, 3.8) is 0 Å². The lowest BCUT2D eigenvalue weighted by atomic mass is 10.1. The fourth-order valence-electron chi connectivity index (χ4n) is 3.15. The maximum absolute atomic E-state index is 12.3. The number of aromatic nitrogens is 3. The molecule has 0 aliphatic carbocycles. The number of nitrogens with one attached hydrogen (secondary N) is 1. The van der Waals surface area contributed by atoms with Crippen molar-refractivity contribution in [2.24, 2.45) is 0 Å². The van der Waals surface area contributed by atoms with Gasteiger partial charge in [0.1, 0.15) is 16.6 Å². The second-order valence-electron chi connectivity index (χ2n) is 6.97. The topological polar surface area (TPSA) is 69.0 Å². The number of ether oxygens (including phenoxy) is 1. The van der Waals surface area contributed by atoms with E-state index < -0.39 is 6.09 Å². The molecule has 0 saturated carbocycles. The van der Waals surface area contributed by atoms with Crippen LogP contribution in [0.2, 0.25) is 5.02 Å². The first-order valence-corrected chi connectivity index (χ1v) is 10.8. The number of aryl methyl sites for hydroxylation is 3. The van der Waals surface area contributed by atoms with Crippen molar-refractivity contribution in [1.29, 1.82) is 0 Å². The fraction of sp³-hybridized carbons (Fsp3) is 0.227. The Morgan fingerprint density at radius 2 is 2.07 bits per heavy atom. The van der Waals surface area contributed by atoms with Gasteiger partial charge in [-0.05, 0) is 56.2 Å². The molecular formula is C22H21ClN4O2S. The summed E-state index contributed by atoms with van der Waals surface area (Å²) < 4.78 is 7.29. The minimum Gasteiger partial charge on any atom is -0.444 e. The Kier molecular flexibility index (Phi) is 5.74. The van der Waals surface area contributed by atoms with Crippen molar-refractivity contribution in [1.82, 2.24) is 14.8 Å². The third-order valence-corrected chi connectivity index (χ3v) is 6.08. The van der Waals surface area contributed by atoms with E-state index in [2.05, 4.69) is 15.4 Å². The second kappa shape index (κ2) is 8.45. The molecule has 4 rings (SSSR count). The van der Waals surface area contributed by atoms with Gasteiger partial charge in [-0.3, -0.25) is 10.00 Å². The lowest BCUT2D eigenvalue weighted by Gasteiger charge is -2.06. The normalized spacial score (nSPS) is 11.1. The quantitative estimate of drug-likeness (QED) is 0.401. The lowest BCUT2D eigenvalue weighted by molar-refractivity contribution is 0.155. The zero-order chi connectivity index (χ0) is 21.3. The molecule has 2 aromatic heterocycles. The summed E-state index contributed by atoms with van der Waals surface area (Å²) in [5, 5.41) is 10.5. The highest BCUT2D eigenvalue weighted by Crippen LogP contribution is 2.34. The maximum atomic E-state index is 12.3. The minimum atomic E-state index is -0.509. The average Bonchev–Trinajstić information content (AvgIpc) is 3.29. The van der Waals surface area contributed by atoms with E-state index in [1.807, 2.05) is 68.0 Å². The first-order valence-electron chi connectivity index (χ1n) is 9.56. The molecular weight excluding hydrogens is 420 g/mol. The van der Waals surface area contributed by atoms with Crippen LogP contribution in [0.3, 0.4) is 0 Å². The Morgan fingerprint density at radius 1 is 1.23 bits per heavy atom. The van der Waals surface area contributed by atoms with Crippen LogP contribution in [0.25, 0.3) is 21.5 Å². The molecule has 0 bridgehead atoms. The number of fused-ring (bicyclic) bond motifs is 1. The molecule has 0 saturated heterocycles. The van der Waals surface area contributed by atoms with Crippen LogP contribution in [0.1, 0.15) is 23.7 Å². The van der Waals surface area contributed by atoms with Gasteiger partial charge in [-0.25, -0.2) is 9.78 Å². The molecule has 4 aromatic rings. The monoisotopic (exact) mass is 440 g/mol. The van der Waals surface area contributed by atoms with Gasteiger partial charge in [-0.1, -0.05) is 35.1 Å². The first kappa shape index (κ1) is 20.4. The zero-order valence-corrected chi connectivity index (χ0v) is 18.5. The molecule has 2 aromatic carbocycles. The standard InChI is InChI=1S/C22H21ClN4O2S/c1-4-27-11-16-10-15(5-8-19(16)26-27)12-29-22(28)25-20-14(3)24-21(30-20)18-7-6-17(23)9-13(18)2/h5-11H,4,12H2,1-3H3,(H,25,28). The fourth-order valence-corrected chi connectivity index (χ4v) is 4.42. The van der Waals surface area contributed by atoms with Gasteiger partial charge in [-0.15, -0.1) is 0 Å². The van der Waals surface area contributed by atoms with Crippen molar-refractivity contribution < 1.29 is 9.53 Å². The number of amides is 1. The largest absolute Gasteiger partial charge is 0.444 e. The summed E-state index contributed by atoms with van der Waals surface area (Å²) in [7, 11) is 0. The van der Waals surface area contributed by atoms with Gasteiger partial charge < -0.3 is 4.74 Å². The van der Waals surface area contributed by atoms with Crippen molar-refractivity contribution in [3.8, 4) is 10.6 Å². The first-order chi connectivity index (χ1) is 14.4. The number of benzene rings is 2. The highest BCUT2D eigenvalue weighted by molar-refractivity contribution is 7.19. The van der Waals surface area contributed by atoms with Crippen LogP contribution in [0.15, 0.2) is 42.6 Å². The Bertz CT molecular complexity index is 1230. The summed E-state index contributed by atoms with van der Waals surface area (Å²) in [6.45, 7) is 6.89. The highest BCUT2D eigenvalue weighted by Gasteiger charge is 2.14. The number of carbonyl (C=O) groups is 1. The van der Waals surface area contributed by atoms with Gasteiger partial charge in [-0.2, -0.15) is 5.10 Å². The molecule has 0 unspecified atom stereocenters. The molecule has 154 valence electrons. The van der Waals surface area contributed by atoms with E-state index in [0.29, 0.717) is 10.0 Å². The molecule has 0 aliphatic heterocycles. The van der Waals surface area contributed by atoms with E-state index in [0.717, 1.165) is 44.8 Å². The summed E-state index contributed by atoms with van der Waals surface area (Å²) in [6, 6.07) is 11.5. The third kappa shape index (κ3) is 4.32. The van der Waals surface area contributed by atoms with Gasteiger partial charge in [0.2, 0.25) is 0 Å². The van der Waals surface area contributed by atoms with E-state index in [-0.39, 0.29) is 6.61 Å². The highest BCUT2D eigenvalue weighted by atomic mass is 35.5. The Labute approximate surface area is 183 Å². The van der Waals surface area contributed by atoms with E-state index in [4.69, 9.17) is 16.3 Å². The summed E-state index contributed by atoms with van der Waals surface area (Å²) >= 11 is 7.45. The smallest absolute Gasteiger partial charge is 0.412 e. The number of thiazole rings is 1. The summed E-state index contributed by atoms with van der Waals surface area (Å²) in [5.41, 5.74) is 4.61. The van der Waals surface area contributed by atoms with Crippen LogP contribution >= 0.6 is 22.9 Å². The zero-order valence-electron chi connectivity index (χ0n) is 16.9. The molecule has 0 fully saturated rings. The van der Waals surface area contributed by atoms with Gasteiger partial charge >= 0.3 is 6.09 Å². The van der Waals surface area contributed by atoms with Crippen LogP contribution < -0.4 is 5.32 Å². The molecule has 0 aliphatic rings. The molecule has 1 N–H and O–H groups in total. The Balaban J connectivity index is 1.42. The molecule has 0 radical (unpaired) electrons. The van der Waals surface area contributed by atoms with E-state index >= 15 is 0 Å². The predicted octanol–water partition coefficient (Wildman–Crippen LogP) is 6.20. The van der Waals surface area contributed by atoms with Gasteiger partial charge in [0.15, 0.2) is 0 Å². The third-order valence-electron chi connectivity index (χ3n) is 4.74. The molecule has 8 heteroatoms. The van der Waals surface area contributed by atoms with Gasteiger partial charge in [0, 0.05) is 28.7 Å². The molecule has 6 nitrogen and oxygen atoms in total. The second-order valence-corrected chi connectivity index (χ2v) is 8.41. The number of carbonyl (C=O) groups excluding carboxylic acids is 1. The minimum absolute atomic E-state index is 0.181. The van der Waals surface area contributed by atoms with Gasteiger partial charge in [0.05, 0.1) is 11.2 Å². The summed E-state index contributed by atoms with van der Waals surface area (Å²) in [4.78, 5) is 16.9. The number of hydrogen-bond acceptors (Lipinski definition) is 5. The van der Waals surface area contributed by atoms with E-state index in [1.165, 1.54) is 11.3 Å². The molecule has 30 heavy (non-hydrogen) atoms. The number of halogens is 1. The maximum Gasteiger partial charge on any atom is 0.412 e. The SMILES string of the molecule is CCn1cc2cc(COC(=O)Nc3sc(-c4ccc(Cl)cc4C)nc3C)ccc2n1.